The molecule has 1 N–H and O–H groups in total. The molecule has 0 saturated carbocycles. The summed E-state index contributed by atoms with van der Waals surface area (Å²) in [7, 11) is -1.27. The van der Waals surface area contributed by atoms with Crippen LogP contribution in [0.1, 0.15) is 18.2 Å². The summed E-state index contributed by atoms with van der Waals surface area (Å²) in [6.07, 6.45) is 2.74. The second-order valence-electron chi connectivity index (χ2n) is 3.66. The second-order valence-corrected chi connectivity index (χ2v) is 5.92. The number of hydrogen-bond donors (Lipinski definition) is 1. The van der Waals surface area contributed by atoms with Crippen molar-refractivity contribution in [2.75, 3.05) is 19.1 Å². The molecular weight excluding hydrogens is 231 g/mol. The highest BCUT2D eigenvalue weighted by atomic mass is 32.2. The molecule has 1 atom stereocenters. The molecule has 16 heavy (non-hydrogen) atoms. The monoisotopic (exact) mass is 246 g/mol. The lowest BCUT2D eigenvalue weighted by Gasteiger charge is -2.14. The molecular formula is C10H15FN2O2S. The number of halogens is 1. The molecule has 1 aromatic heterocycles. The van der Waals surface area contributed by atoms with Crippen molar-refractivity contribution < 1.29 is 12.8 Å². The summed E-state index contributed by atoms with van der Waals surface area (Å²) < 4.78 is 34.7. The number of nitrogens with zero attached hydrogens (tertiary/aromatic N) is 1. The minimum Gasteiger partial charge on any atom is -0.312 e. The van der Waals surface area contributed by atoms with E-state index in [2.05, 4.69) is 10.3 Å². The maximum Gasteiger partial charge on any atom is 0.147 e. The van der Waals surface area contributed by atoms with E-state index in [0.717, 1.165) is 6.20 Å². The first kappa shape index (κ1) is 13.1. The van der Waals surface area contributed by atoms with Crippen LogP contribution in [0, 0.1) is 5.82 Å². The van der Waals surface area contributed by atoms with Crippen molar-refractivity contribution in [2.24, 2.45) is 0 Å². The Morgan fingerprint density at radius 2 is 2.19 bits per heavy atom. The normalized spacial score (nSPS) is 13.7. The largest absolute Gasteiger partial charge is 0.312 e. The van der Waals surface area contributed by atoms with Crippen molar-refractivity contribution in [3.63, 3.8) is 0 Å². The zero-order valence-electron chi connectivity index (χ0n) is 9.27. The average molecular weight is 246 g/mol. The summed E-state index contributed by atoms with van der Waals surface area (Å²) in [6, 6.07) is 2.70. The van der Waals surface area contributed by atoms with Crippen LogP contribution >= 0.6 is 0 Å². The number of hydrogen-bond acceptors (Lipinski definition) is 4. The Hall–Kier alpha value is -1.01. The van der Waals surface area contributed by atoms with Crippen LogP contribution in [0.15, 0.2) is 18.3 Å². The summed E-state index contributed by atoms with van der Waals surface area (Å²) in [5.41, 5.74) is 0.646. The van der Waals surface area contributed by atoms with Crippen LogP contribution in [-0.4, -0.2) is 32.5 Å². The third kappa shape index (κ3) is 4.24. The van der Waals surface area contributed by atoms with E-state index in [-0.39, 0.29) is 11.8 Å². The van der Waals surface area contributed by atoms with E-state index in [1.165, 1.54) is 12.3 Å². The fraction of sp³-hybridized carbons (Fsp3) is 0.500. The first-order valence-electron chi connectivity index (χ1n) is 4.89. The van der Waals surface area contributed by atoms with Crippen LogP contribution in [0.3, 0.4) is 0 Å². The average Bonchev–Trinajstić information content (AvgIpc) is 2.20. The molecule has 4 nitrogen and oxygen atoms in total. The van der Waals surface area contributed by atoms with Crippen molar-refractivity contribution >= 4 is 9.84 Å². The Morgan fingerprint density at radius 1 is 1.50 bits per heavy atom. The number of pyridine rings is 1. The summed E-state index contributed by atoms with van der Waals surface area (Å²) in [5, 5.41) is 2.96. The number of nitrogens with one attached hydrogen (secondary N) is 1. The van der Waals surface area contributed by atoms with Gasteiger partial charge in [0.1, 0.15) is 15.7 Å². The van der Waals surface area contributed by atoms with Gasteiger partial charge < -0.3 is 5.32 Å². The van der Waals surface area contributed by atoms with E-state index in [4.69, 9.17) is 0 Å². The van der Waals surface area contributed by atoms with E-state index in [1.54, 1.807) is 13.1 Å². The van der Waals surface area contributed by atoms with E-state index in [0.29, 0.717) is 12.1 Å². The SMILES string of the molecule is CNC(CCS(C)(=O)=O)c1ccc(F)cn1. The molecule has 1 aromatic rings. The van der Waals surface area contributed by atoms with Gasteiger partial charge in [0.15, 0.2) is 0 Å². The minimum absolute atomic E-state index is 0.0809. The molecule has 0 aliphatic carbocycles. The van der Waals surface area contributed by atoms with Crippen LogP contribution in [-0.2, 0) is 9.84 Å². The topological polar surface area (TPSA) is 59.1 Å². The summed E-state index contributed by atoms with van der Waals surface area (Å²) >= 11 is 0. The molecule has 0 amide bonds. The van der Waals surface area contributed by atoms with Crippen molar-refractivity contribution in [1.82, 2.24) is 10.3 Å². The van der Waals surface area contributed by atoms with Crippen molar-refractivity contribution in [2.45, 2.75) is 12.5 Å². The van der Waals surface area contributed by atoms with Crippen molar-refractivity contribution in [3.8, 4) is 0 Å². The Balaban J connectivity index is 2.71. The fourth-order valence-electron chi connectivity index (χ4n) is 1.37. The van der Waals surface area contributed by atoms with E-state index < -0.39 is 15.7 Å². The molecule has 0 spiro atoms. The minimum atomic E-state index is -2.99. The maximum absolute atomic E-state index is 12.7. The molecule has 0 aromatic carbocycles. The lowest BCUT2D eigenvalue weighted by atomic mass is 10.1. The van der Waals surface area contributed by atoms with Crippen LogP contribution in [0.2, 0.25) is 0 Å². The first-order chi connectivity index (χ1) is 7.42. The zero-order chi connectivity index (χ0) is 12.2. The second kappa shape index (κ2) is 5.36. The maximum atomic E-state index is 12.7. The van der Waals surface area contributed by atoms with E-state index in [1.807, 2.05) is 0 Å². The van der Waals surface area contributed by atoms with Gasteiger partial charge >= 0.3 is 0 Å². The Morgan fingerprint density at radius 3 is 2.62 bits per heavy atom. The quantitative estimate of drug-likeness (QED) is 0.839. The molecule has 0 radical (unpaired) electrons. The van der Waals surface area contributed by atoms with Crippen molar-refractivity contribution in [1.29, 1.82) is 0 Å². The molecule has 0 aliphatic rings. The Labute approximate surface area is 94.8 Å². The number of sulfone groups is 1. The lowest BCUT2D eigenvalue weighted by molar-refractivity contribution is 0.543. The Bertz CT molecular complexity index is 431. The molecule has 0 aliphatic heterocycles. The van der Waals surface area contributed by atoms with Crippen LogP contribution in [0.4, 0.5) is 4.39 Å². The summed E-state index contributed by atoms with van der Waals surface area (Å²) in [4.78, 5) is 3.92. The molecule has 6 heteroatoms. The highest BCUT2D eigenvalue weighted by molar-refractivity contribution is 7.90. The van der Waals surface area contributed by atoms with Crippen LogP contribution in [0.5, 0.6) is 0 Å². The van der Waals surface area contributed by atoms with Gasteiger partial charge in [0.25, 0.3) is 0 Å². The Kier molecular flexibility index (Phi) is 4.37. The van der Waals surface area contributed by atoms with Gasteiger partial charge in [0.2, 0.25) is 0 Å². The van der Waals surface area contributed by atoms with Gasteiger partial charge in [-0.05, 0) is 25.6 Å². The van der Waals surface area contributed by atoms with Gasteiger partial charge in [0, 0.05) is 6.26 Å². The van der Waals surface area contributed by atoms with Gasteiger partial charge in [-0.2, -0.15) is 0 Å². The highest BCUT2D eigenvalue weighted by Crippen LogP contribution is 2.14. The smallest absolute Gasteiger partial charge is 0.147 e. The van der Waals surface area contributed by atoms with Crippen LogP contribution in [0.25, 0.3) is 0 Å². The molecule has 1 heterocycles. The highest BCUT2D eigenvalue weighted by Gasteiger charge is 2.13. The third-order valence-corrected chi connectivity index (χ3v) is 3.21. The predicted molar refractivity (Wildman–Crippen MR) is 60.3 cm³/mol. The third-order valence-electron chi connectivity index (χ3n) is 2.23. The van der Waals surface area contributed by atoms with Gasteiger partial charge in [-0.1, -0.05) is 0 Å². The van der Waals surface area contributed by atoms with Gasteiger partial charge in [-0.3, -0.25) is 4.98 Å². The standard InChI is InChI=1S/C10H15FN2O2S/c1-12-9(5-6-16(2,14)15)10-4-3-8(11)7-13-10/h3-4,7,9,12H,5-6H2,1-2H3. The molecule has 0 bridgehead atoms. The summed E-state index contributed by atoms with van der Waals surface area (Å²) in [6.45, 7) is 0. The van der Waals surface area contributed by atoms with Gasteiger partial charge in [0.05, 0.1) is 23.7 Å². The number of rotatable bonds is 5. The molecule has 1 rings (SSSR count). The molecule has 0 fully saturated rings. The van der Waals surface area contributed by atoms with Crippen LogP contribution < -0.4 is 5.32 Å². The zero-order valence-corrected chi connectivity index (χ0v) is 10.1. The van der Waals surface area contributed by atoms with Gasteiger partial charge in [-0.15, -0.1) is 0 Å². The first-order valence-corrected chi connectivity index (χ1v) is 6.95. The van der Waals surface area contributed by atoms with E-state index >= 15 is 0 Å². The van der Waals surface area contributed by atoms with Gasteiger partial charge in [-0.25, -0.2) is 12.8 Å². The molecule has 0 saturated heterocycles. The summed E-state index contributed by atoms with van der Waals surface area (Å²) in [5.74, 6) is -0.320. The lowest BCUT2D eigenvalue weighted by Crippen LogP contribution is -2.20. The van der Waals surface area contributed by atoms with Crippen molar-refractivity contribution in [3.05, 3.63) is 29.8 Å². The number of aromatic nitrogens is 1. The predicted octanol–water partition coefficient (Wildman–Crippen LogP) is 0.916. The molecule has 90 valence electrons. The fourth-order valence-corrected chi connectivity index (χ4v) is 2.03. The van der Waals surface area contributed by atoms with E-state index in [9.17, 15) is 12.8 Å². The molecule has 1 unspecified atom stereocenters.